The Kier molecular flexibility index (Phi) is 5.61. The third kappa shape index (κ3) is 3.97. The Labute approximate surface area is 257 Å². The minimum atomic E-state index is 0.656. The molecule has 43 heavy (non-hydrogen) atoms. The van der Waals surface area contributed by atoms with Gasteiger partial charge in [0.2, 0.25) is 0 Å². The summed E-state index contributed by atoms with van der Waals surface area (Å²) < 4.78 is 2.75. The molecule has 0 spiro atoms. The number of fused-ring (bicyclic) bond motifs is 8. The van der Waals surface area contributed by atoms with Crippen LogP contribution in [0.25, 0.3) is 53.2 Å². The lowest BCUT2D eigenvalue weighted by atomic mass is 9.99. The van der Waals surface area contributed by atoms with Crippen LogP contribution in [0, 0.1) is 0 Å². The molecule has 0 saturated carbocycles. The van der Waals surface area contributed by atoms with E-state index in [4.69, 9.17) is 0 Å². The second kappa shape index (κ2) is 9.81. The molecule has 0 unspecified atom stereocenters. The zero-order chi connectivity index (χ0) is 28.3. The Morgan fingerprint density at radius 3 is 2.07 bits per heavy atom. The fraction of sp³-hybridized carbons (Fsp3) is 0. The molecule has 1 aliphatic heterocycles. The first kappa shape index (κ1) is 24.6. The normalized spacial score (nSPS) is 12.1. The molecule has 0 amide bonds. The number of benzene rings is 7. The molecule has 0 N–H and O–H groups in total. The van der Waals surface area contributed by atoms with Gasteiger partial charge >= 0.3 is 0 Å². The summed E-state index contributed by atoms with van der Waals surface area (Å²) in [4.78, 5) is 2.44. The maximum Gasteiger partial charge on any atom is 0.123 e. The van der Waals surface area contributed by atoms with Crippen molar-refractivity contribution < 1.29 is 0 Å². The molecule has 200 valence electrons. The van der Waals surface area contributed by atoms with E-state index in [9.17, 15) is 0 Å². The van der Waals surface area contributed by atoms with Crippen LogP contribution in [-0.2, 0) is 0 Å². The largest absolute Gasteiger partial charge is 0.310 e. The zero-order valence-electron chi connectivity index (χ0n) is 23.3. The van der Waals surface area contributed by atoms with E-state index >= 15 is 0 Å². The highest BCUT2D eigenvalue weighted by Crippen LogP contribution is 2.46. The van der Waals surface area contributed by atoms with Gasteiger partial charge in [-0.15, -0.1) is 11.3 Å². The zero-order valence-corrected chi connectivity index (χ0v) is 25.1. The number of nitrogens with zero attached hydrogens (tertiary/aromatic N) is 1. The lowest BCUT2D eigenvalue weighted by molar-refractivity contribution is 1.29. The highest BCUT2D eigenvalue weighted by atomic mass is 32.1. The van der Waals surface area contributed by atoms with Crippen LogP contribution in [0.3, 0.4) is 0 Å². The number of anilines is 3. The Morgan fingerprint density at radius 2 is 1.19 bits per heavy atom. The van der Waals surface area contributed by atoms with Crippen molar-refractivity contribution >= 4 is 79.2 Å². The van der Waals surface area contributed by atoms with Gasteiger partial charge in [-0.1, -0.05) is 109 Å². The topological polar surface area (TPSA) is 3.24 Å². The minimum Gasteiger partial charge on any atom is -0.310 e. The van der Waals surface area contributed by atoms with Crippen molar-refractivity contribution in [3.8, 4) is 22.3 Å². The van der Waals surface area contributed by atoms with Crippen molar-refractivity contribution in [1.29, 1.82) is 0 Å². The van der Waals surface area contributed by atoms with E-state index < -0.39 is 0 Å². The van der Waals surface area contributed by atoms with Gasteiger partial charge in [0.15, 0.2) is 0 Å². The average molecular weight is 580 g/mol. The number of hydrogen-bond donors (Lipinski definition) is 0. The molecule has 7 aromatic carbocycles. The summed E-state index contributed by atoms with van der Waals surface area (Å²) in [5.41, 5.74) is 8.79. The molecule has 2 heterocycles. The van der Waals surface area contributed by atoms with Crippen molar-refractivity contribution in [3.05, 3.63) is 152 Å². The SMILES string of the molecule is c1ccc(N(c2ccc(-c3ccc4ccccc4c3)cc2)c2cccc3c2-c2c(ccc4c2sc2ccccc24)[Si]3)cc1. The minimum absolute atomic E-state index is 0.656. The maximum atomic E-state index is 2.44. The van der Waals surface area contributed by atoms with Gasteiger partial charge < -0.3 is 4.90 Å². The number of rotatable bonds is 4. The van der Waals surface area contributed by atoms with E-state index in [1.54, 1.807) is 0 Å². The molecule has 1 nitrogen and oxygen atoms in total. The van der Waals surface area contributed by atoms with E-state index in [0.29, 0.717) is 9.52 Å². The summed E-state index contributed by atoms with van der Waals surface area (Å²) in [6.45, 7) is 0. The standard InChI is InChI=1S/C40H25NSSi/c1-2-11-30(12-3-1)41(31-21-19-27(20-22-31)29-18-17-26-9-4-5-10-28(26)25-29)34-14-8-16-36-38(34)39-37(43-36)24-23-33-32-13-6-7-15-35(32)42-40(33)39/h1-25H. The van der Waals surface area contributed by atoms with Crippen LogP contribution in [0.1, 0.15) is 0 Å². The summed E-state index contributed by atoms with van der Waals surface area (Å²) >= 11 is 1.93. The van der Waals surface area contributed by atoms with Crippen molar-refractivity contribution in [2.75, 3.05) is 4.90 Å². The smallest absolute Gasteiger partial charge is 0.123 e. The Hall–Kier alpha value is -4.96. The summed E-state index contributed by atoms with van der Waals surface area (Å²) in [5, 5.41) is 8.11. The highest BCUT2D eigenvalue weighted by molar-refractivity contribution is 7.26. The van der Waals surface area contributed by atoms with Crippen LogP contribution in [-0.4, -0.2) is 9.52 Å². The predicted octanol–water partition coefficient (Wildman–Crippen LogP) is 9.98. The number of hydrogen-bond acceptors (Lipinski definition) is 2. The van der Waals surface area contributed by atoms with Gasteiger partial charge in [-0.3, -0.25) is 0 Å². The highest BCUT2D eigenvalue weighted by Gasteiger charge is 2.28. The molecule has 9 rings (SSSR count). The Morgan fingerprint density at radius 1 is 0.465 bits per heavy atom. The van der Waals surface area contributed by atoms with Crippen molar-refractivity contribution in [2.24, 2.45) is 0 Å². The van der Waals surface area contributed by atoms with Crippen molar-refractivity contribution in [1.82, 2.24) is 0 Å². The van der Waals surface area contributed by atoms with Crippen LogP contribution in [0.15, 0.2) is 152 Å². The third-order valence-electron chi connectivity index (χ3n) is 8.57. The summed E-state index contributed by atoms with van der Waals surface area (Å²) in [6, 6.07) is 55.5. The van der Waals surface area contributed by atoms with Crippen molar-refractivity contribution in [2.45, 2.75) is 0 Å². The van der Waals surface area contributed by atoms with E-state index in [2.05, 4.69) is 157 Å². The molecule has 1 aliphatic rings. The van der Waals surface area contributed by atoms with Gasteiger partial charge in [-0.05, 0) is 74.7 Å². The van der Waals surface area contributed by atoms with Gasteiger partial charge in [-0.2, -0.15) is 0 Å². The molecule has 3 heteroatoms. The fourth-order valence-corrected chi connectivity index (χ4v) is 9.29. The van der Waals surface area contributed by atoms with Crippen LogP contribution in [0.2, 0.25) is 0 Å². The molecule has 8 aromatic rings. The van der Waals surface area contributed by atoms with Crippen molar-refractivity contribution in [3.63, 3.8) is 0 Å². The van der Waals surface area contributed by atoms with Gasteiger partial charge in [-0.25, -0.2) is 0 Å². The third-order valence-corrected chi connectivity index (χ3v) is 11.1. The molecular formula is C40H25NSSi. The fourth-order valence-electron chi connectivity index (χ4n) is 6.56. The number of thiophene rings is 1. The first-order valence-corrected chi connectivity index (χ1v) is 16.4. The lowest BCUT2D eigenvalue weighted by Gasteiger charge is -2.28. The summed E-state index contributed by atoms with van der Waals surface area (Å²) in [6.07, 6.45) is 0. The summed E-state index contributed by atoms with van der Waals surface area (Å²) in [5.74, 6) is 0. The molecule has 1 aromatic heterocycles. The second-order valence-corrected chi connectivity index (χ2v) is 13.4. The van der Waals surface area contributed by atoms with Crippen LogP contribution in [0.4, 0.5) is 17.1 Å². The first-order chi connectivity index (χ1) is 21.3. The molecular weight excluding hydrogens is 555 g/mol. The molecule has 2 radical (unpaired) electrons. The van der Waals surface area contributed by atoms with Crippen LogP contribution in [0.5, 0.6) is 0 Å². The monoisotopic (exact) mass is 579 g/mol. The molecule has 0 fully saturated rings. The van der Waals surface area contributed by atoms with Crippen LogP contribution >= 0.6 is 11.3 Å². The van der Waals surface area contributed by atoms with Crippen LogP contribution < -0.4 is 15.3 Å². The average Bonchev–Trinajstić information content (AvgIpc) is 3.64. The summed E-state index contributed by atoms with van der Waals surface area (Å²) in [7, 11) is 0.656. The van der Waals surface area contributed by atoms with Gasteiger partial charge in [0.05, 0.1) is 5.69 Å². The van der Waals surface area contributed by atoms with E-state index in [0.717, 1.165) is 11.4 Å². The van der Waals surface area contributed by atoms with E-state index in [-0.39, 0.29) is 0 Å². The predicted molar refractivity (Wildman–Crippen MR) is 187 cm³/mol. The molecule has 0 atom stereocenters. The number of para-hydroxylation sites is 1. The van der Waals surface area contributed by atoms with E-state index in [1.807, 2.05) is 11.3 Å². The van der Waals surface area contributed by atoms with Gasteiger partial charge in [0, 0.05) is 42.7 Å². The molecule has 0 aliphatic carbocycles. The Balaban J connectivity index is 1.22. The first-order valence-electron chi connectivity index (χ1n) is 14.6. The molecule has 0 bridgehead atoms. The quantitative estimate of drug-likeness (QED) is 0.188. The van der Waals surface area contributed by atoms with E-state index in [1.165, 1.54) is 69.3 Å². The molecule has 0 saturated heterocycles. The maximum absolute atomic E-state index is 2.44. The van der Waals surface area contributed by atoms with Gasteiger partial charge in [0.1, 0.15) is 9.52 Å². The van der Waals surface area contributed by atoms with Gasteiger partial charge in [0.25, 0.3) is 0 Å². The lowest BCUT2D eigenvalue weighted by Crippen LogP contribution is -2.21. The second-order valence-electron chi connectivity index (χ2n) is 11.1. The Bertz CT molecular complexity index is 2320.